The summed E-state index contributed by atoms with van der Waals surface area (Å²) in [6, 6.07) is 15.4. The maximum Gasteiger partial charge on any atom is 0.241 e. The van der Waals surface area contributed by atoms with Crippen LogP contribution in [-0.4, -0.2) is 54.5 Å². The van der Waals surface area contributed by atoms with E-state index < -0.39 is 0 Å². The summed E-state index contributed by atoms with van der Waals surface area (Å²) in [5.41, 5.74) is 1.98. The minimum Gasteiger partial charge on any atom is -0.492 e. The molecule has 1 unspecified atom stereocenters. The first-order chi connectivity index (χ1) is 13.6. The Morgan fingerprint density at radius 2 is 1.79 bits per heavy atom. The highest BCUT2D eigenvalue weighted by Gasteiger charge is 2.26. The number of nitrogens with zero attached hydrogens (tertiary/aromatic N) is 2. The first-order valence-electron chi connectivity index (χ1n) is 9.80. The molecule has 1 aliphatic rings. The normalized spacial score (nSPS) is 16.5. The predicted octanol–water partition coefficient (Wildman–Crippen LogP) is 3.88. The van der Waals surface area contributed by atoms with Crippen molar-refractivity contribution in [1.82, 2.24) is 9.80 Å². The third-order valence-electron chi connectivity index (χ3n) is 5.10. The Hall–Kier alpha value is -2.08. The van der Waals surface area contributed by atoms with E-state index in [1.807, 2.05) is 50.2 Å². The third-order valence-corrected chi connectivity index (χ3v) is 5.35. The third kappa shape index (κ3) is 5.47. The van der Waals surface area contributed by atoms with Crippen molar-refractivity contribution in [3.8, 4) is 5.75 Å². The molecule has 1 N–H and O–H groups in total. The van der Waals surface area contributed by atoms with E-state index >= 15 is 0 Å². The van der Waals surface area contributed by atoms with Crippen LogP contribution in [0.3, 0.4) is 0 Å². The van der Waals surface area contributed by atoms with Crippen LogP contribution >= 0.6 is 11.6 Å². The molecule has 0 radical (unpaired) electrons. The average molecular weight is 402 g/mol. The Labute approximate surface area is 172 Å². The van der Waals surface area contributed by atoms with Crippen LogP contribution in [0.4, 0.5) is 5.69 Å². The zero-order valence-corrected chi connectivity index (χ0v) is 17.3. The molecule has 0 aliphatic carbocycles. The van der Waals surface area contributed by atoms with Gasteiger partial charge >= 0.3 is 0 Å². The number of hydrogen-bond donors (Lipinski definition) is 1. The molecule has 1 fully saturated rings. The number of amides is 1. The molecule has 1 heterocycles. The summed E-state index contributed by atoms with van der Waals surface area (Å²) < 4.78 is 5.60. The van der Waals surface area contributed by atoms with Crippen molar-refractivity contribution in [2.24, 2.45) is 0 Å². The number of carbonyl (C=O) groups excluding carboxylic acids is 1. The van der Waals surface area contributed by atoms with Gasteiger partial charge in [0.25, 0.3) is 0 Å². The van der Waals surface area contributed by atoms with Gasteiger partial charge in [0.1, 0.15) is 5.75 Å². The SMILES string of the molecule is CCOc1ccccc1NC(=O)C(C)N1CCN(Cc2ccc(Cl)cc2)CC1. The molecule has 0 spiro atoms. The zero-order valence-electron chi connectivity index (χ0n) is 16.5. The number of benzene rings is 2. The highest BCUT2D eigenvalue weighted by atomic mass is 35.5. The van der Waals surface area contributed by atoms with Gasteiger partial charge in [0.15, 0.2) is 0 Å². The average Bonchev–Trinajstić information content (AvgIpc) is 2.71. The lowest BCUT2D eigenvalue weighted by molar-refractivity contribution is -0.121. The molecule has 150 valence electrons. The van der Waals surface area contributed by atoms with Crippen molar-refractivity contribution in [3.05, 3.63) is 59.1 Å². The van der Waals surface area contributed by atoms with Crippen molar-refractivity contribution in [2.45, 2.75) is 26.4 Å². The standard InChI is InChI=1S/C22H28ClN3O2/c1-3-28-21-7-5-4-6-20(21)24-22(27)17(2)26-14-12-25(13-15-26)16-18-8-10-19(23)11-9-18/h4-11,17H,3,12-16H2,1-2H3,(H,24,27). The quantitative estimate of drug-likeness (QED) is 0.764. The highest BCUT2D eigenvalue weighted by molar-refractivity contribution is 6.30. The predicted molar refractivity (Wildman–Crippen MR) is 114 cm³/mol. The molecule has 0 bridgehead atoms. The fourth-order valence-corrected chi connectivity index (χ4v) is 3.54. The van der Waals surface area contributed by atoms with Crippen LogP contribution in [0.25, 0.3) is 0 Å². The van der Waals surface area contributed by atoms with Crippen molar-refractivity contribution in [1.29, 1.82) is 0 Å². The first-order valence-corrected chi connectivity index (χ1v) is 10.2. The van der Waals surface area contributed by atoms with E-state index in [0.29, 0.717) is 12.4 Å². The Bertz CT molecular complexity index is 774. The molecular weight excluding hydrogens is 374 g/mol. The number of nitrogens with one attached hydrogen (secondary N) is 1. The molecule has 1 aliphatic heterocycles. The summed E-state index contributed by atoms with van der Waals surface area (Å²) in [7, 11) is 0. The maximum absolute atomic E-state index is 12.7. The Balaban J connectivity index is 1.51. The van der Waals surface area contributed by atoms with Gasteiger partial charge in [-0.3, -0.25) is 14.6 Å². The van der Waals surface area contributed by atoms with Gasteiger partial charge in [0, 0.05) is 37.7 Å². The number of halogens is 1. The van der Waals surface area contributed by atoms with Gasteiger partial charge in [0.05, 0.1) is 18.3 Å². The number of anilines is 1. The van der Waals surface area contributed by atoms with Gasteiger partial charge in [-0.05, 0) is 43.7 Å². The van der Waals surface area contributed by atoms with Crippen LogP contribution < -0.4 is 10.1 Å². The largest absolute Gasteiger partial charge is 0.492 e. The summed E-state index contributed by atoms with van der Waals surface area (Å²) >= 11 is 5.96. The topological polar surface area (TPSA) is 44.8 Å². The first kappa shape index (κ1) is 20.6. The summed E-state index contributed by atoms with van der Waals surface area (Å²) in [5.74, 6) is 0.705. The van der Waals surface area contributed by atoms with E-state index in [9.17, 15) is 4.79 Å². The van der Waals surface area contributed by atoms with Crippen molar-refractivity contribution < 1.29 is 9.53 Å². The summed E-state index contributed by atoms with van der Waals surface area (Å²) in [5, 5.41) is 3.78. The van der Waals surface area contributed by atoms with Crippen LogP contribution in [0.15, 0.2) is 48.5 Å². The van der Waals surface area contributed by atoms with E-state index in [4.69, 9.17) is 16.3 Å². The molecule has 28 heavy (non-hydrogen) atoms. The maximum atomic E-state index is 12.7. The van der Waals surface area contributed by atoms with Crippen molar-refractivity contribution in [2.75, 3.05) is 38.1 Å². The minimum absolute atomic E-state index is 0.00157. The molecule has 1 atom stereocenters. The number of carbonyl (C=O) groups is 1. The second-order valence-corrected chi connectivity index (χ2v) is 7.47. The van der Waals surface area contributed by atoms with Gasteiger partial charge in [-0.2, -0.15) is 0 Å². The van der Waals surface area contributed by atoms with Gasteiger partial charge in [-0.1, -0.05) is 35.9 Å². The van der Waals surface area contributed by atoms with Crippen LogP contribution in [-0.2, 0) is 11.3 Å². The molecule has 3 rings (SSSR count). The molecule has 0 aromatic heterocycles. The van der Waals surface area contributed by atoms with E-state index in [1.165, 1.54) is 5.56 Å². The molecule has 2 aromatic rings. The highest BCUT2D eigenvalue weighted by Crippen LogP contribution is 2.24. The lowest BCUT2D eigenvalue weighted by atomic mass is 10.1. The number of piperazine rings is 1. The van der Waals surface area contributed by atoms with E-state index in [0.717, 1.165) is 43.4 Å². The Morgan fingerprint density at radius 1 is 1.11 bits per heavy atom. The molecule has 1 amide bonds. The molecule has 0 saturated carbocycles. The molecule has 2 aromatic carbocycles. The lowest BCUT2D eigenvalue weighted by Crippen LogP contribution is -2.52. The second kappa shape index (κ2) is 9.92. The van der Waals surface area contributed by atoms with E-state index in [1.54, 1.807) is 0 Å². The number of ether oxygens (including phenoxy) is 1. The van der Waals surface area contributed by atoms with Crippen LogP contribution in [0.1, 0.15) is 19.4 Å². The molecule has 6 heteroatoms. The zero-order chi connectivity index (χ0) is 19.9. The number of para-hydroxylation sites is 2. The Morgan fingerprint density at radius 3 is 2.46 bits per heavy atom. The van der Waals surface area contributed by atoms with Crippen LogP contribution in [0, 0.1) is 0 Å². The molecule has 5 nitrogen and oxygen atoms in total. The van der Waals surface area contributed by atoms with Crippen molar-refractivity contribution >= 4 is 23.2 Å². The van der Waals surface area contributed by atoms with E-state index in [2.05, 4.69) is 27.2 Å². The summed E-state index contributed by atoms with van der Waals surface area (Å²) in [4.78, 5) is 17.4. The summed E-state index contributed by atoms with van der Waals surface area (Å²) in [6.07, 6.45) is 0. The van der Waals surface area contributed by atoms with Gasteiger partial charge in [-0.15, -0.1) is 0 Å². The molecular formula is C22H28ClN3O2. The van der Waals surface area contributed by atoms with Crippen LogP contribution in [0.2, 0.25) is 5.02 Å². The second-order valence-electron chi connectivity index (χ2n) is 7.03. The van der Waals surface area contributed by atoms with Crippen LogP contribution in [0.5, 0.6) is 5.75 Å². The minimum atomic E-state index is -0.188. The number of hydrogen-bond acceptors (Lipinski definition) is 4. The summed E-state index contributed by atoms with van der Waals surface area (Å²) in [6.45, 7) is 9.00. The fraction of sp³-hybridized carbons (Fsp3) is 0.409. The Kier molecular flexibility index (Phi) is 7.31. The fourth-order valence-electron chi connectivity index (χ4n) is 3.41. The van der Waals surface area contributed by atoms with Gasteiger partial charge in [0.2, 0.25) is 5.91 Å². The van der Waals surface area contributed by atoms with Gasteiger partial charge in [-0.25, -0.2) is 0 Å². The monoisotopic (exact) mass is 401 g/mol. The molecule has 1 saturated heterocycles. The smallest absolute Gasteiger partial charge is 0.241 e. The van der Waals surface area contributed by atoms with E-state index in [-0.39, 0.29) is 11.9 Å². The number of rotatable bonds is 7. The van der Waals surface area contributed by atoms with Gasteiger partial charge < -0.3 is 10.1 Å². The lowest BCUT2D eigenvalue weighted by Gasteiger charge is -2.37. The van der Waals surface area contributed by atoms with Crippen molar-refractivity contribution in [3.63, 3.8) is 0 Å².